The van der Waals surface area contributed by atoms with Crippen LogP contribution in [-0.2, 0) is 4.74 Å². The molecule has 15 heavy (non-hydrogen) atoms. The first-order valence-electron chi connectivity index (χ1n) is 5.92. The second kappa shape index (κ2) is 4.84. The van der Waals surface area contributed by atoms with Crippen molar-refractivity contribution < 1.29 is 9.53 Å². The molecule has 1 unspecified atom stereocenters. The highest BCUT2D eigenvalue weighted by atomic mass is 16.5. The molecule has 0 aromatic carbocycles. The third kappa shape index (κ3) is 2.43. The second-order valence-corrected chi connectivity index (χ2v) is 4.45. The molecule has 4 nitrogen and oxygen atoms in total. The summed E-state index contributed by atoms with van der Waals surface area (Å²) in [4.78, 5) is 16.1. The summed E-state index contributed by atoms with van der Waals surface area (Å²) in [6.45, 7) is 6.03. The Hall–Kier alpha value is -0.770. The molecule has 2 heterocycles. The molecule has 2 fully saturated rings. The van der Waals surface area contributed by atoms with Crippen molar-refractivity contribution in [1.29, 1.82) is 0 Å². The number of nitrogens with zero attached hydrogens (tertiary/aromatic N) is 2. The lowest BCUT2D eigenvalue weighted by Crippen LogP contribution is -2.53. The number of piperidine rings is 1. The van der Waals surface area contributed by atoms with E-state index in [1.165, 1.54) is 6.42 Å². The van der Waals surface area contributed by atoms with Crippen LogP contribution in [0.25, 0.3) is 0 Å². The fraction of sp³-hybridized carbons (Fsp3) is 0.909. The minimum absolute atomic E-state index is 0.213. The molecule has 0 aromatic rings. The first-order valence-corrected chi connectivity index (χ1v) is 5.92. The Morgan fingerprint density at radius 3 is 2.60 bits per heavy atom. The molecule has 86 valence electrons. The molecular formula is C11H20N2O2. The Labute approximate surface area is 91.2 Å². The average Bonchev–Trinajstić information content (AvgIpc) is 2.30. The lowest BCUT2D eigenvalue weighted by atomic mass is 10.1. The van der Waals surface area contributed by atoms with Crippen LogP contribution in [0.4, 0.5) is 4.79 Å². The van der Waals surface area contributed by atoms with Crippen LogP contribution in [-0.4, -0.2) is 54.7 Å². The average molecular weight is 212 g/mol. The Kier molecular flexibility index (Phi) is 3.46. The van der Waals surface area contributed by atoms with Gasteiger partial charge < -0.3 is 14.5 Å². The van der Waals surface area contributed by atoms with Gasteiger partial charge in [-0.3, -0.25) is 0 Å². The Balaban J connectivity index is 1.92. The summed E-state index contributed by atoms with van der Waals surface area (Å²) in [5, 5.41) is 0. The molecule has 0 radical (unpaired) electrons. The van der Waals surface area contributed by atoms with Crippen molar-refractivity contribution in [2.24, 2.45) is 0 Å². The number of hydrogen-bond donors (Lipinski definition) is 0. The summed E-state index contributed by atoms with van der Waals surface area (Å²) in [6, 6.07) is 0.443. The van der Waals surface area contributed by atoms with Gasteiger partial charge in [0, 0.05) is 19.6 Å². The van der Waals surface area contributed by atoms with Crippen LogP contribution in [0.3, 0.4) is 0 Å². The van der Waals surface area contributed by atoms with Crippen LogP contribution in [0, 0.1) is 0 Å². The normalized spacial score (nSPS) is 27.9. The van der Waals surface area contributed by atoms with Crippen LogP contribution >= 0.6 is 0 Å². The lowest BCUT2D eigenvalue weighted by Gasteiger charge is -2.38. The summed E-state index contributed by atoms with van der Waals surface area (Å²) in [6.07, 6.45) is 3.58. The van der Waals surface area contributed by atoms with E-state index in [2.05, 4.69) is 6.92 Å². The zero-order chi connectivity index (χ0) is 10.7. The molecule has 0 aromatic heterocycles. The monoisotopic (exact) mass is 212 g/mol. The van der Waals surface area contributed by atoms with Gasteiger partial charge in [-0.1, -0.05) is 0 Å². The third-order valence-corrected chi connectivity index (χ3v) is 3.24. The van der Waals surface area contributed by atoms with Gasteiger partial charge in [0.25, 0.3) is 0 Å². The predicted octanol–water partition coefficient (Wildman–Crippen LogP) is 1.31. The van der Waals surface area contributed by atoms with Crippen molar-refractivity contribution in [3.8, 4) is 0 Å². The van der Waals surface area contributed by atoms with Crippen LogP contribution in [0.2, 0.25) is 0 Å². The summed E-state index contributed by atoms with van der Waals surface area (Å²) < 4.78 is 5.34. The van der Waals surface area contributed by atoms with Crippen molar-refractivity contribution >= 4 is 6.03 Å². The number of rotatable bonds is 0. The molecule has 1 atom stereocenters. The molecule has 2 aliphatic heterocycles. The highest BCUT2D eigenvalue weighted by Crippen LogP contribution is 2.14. The smallest absolute Gasteiger partial charge is 0.320 e. The molecule has 0 saturated carbocycles. The van der Waals surface area contributed by atoms with E-state index in [0.29, 0.717) is 13.2 Å². The molecule has 0 N–H and O–H groups in total. The number of likely N-dealkylation sites (tertiary alicyclic amines) is 1. The van der Waals surface area contributed by atoms with Gasteiger partial charge in [0.05, 0.1) is 19.3 Å². The first kappa shape index (κ1) is 10.7. The highest BCUT2D eigenvalue weighted by molar-refractivity contribution is 5.75. The van der Waals surface area contributed by atoms with Crippen LogP contribution in [0.1, 0.15) is 26.2 Å². The number of hydrogen-bond acceptors (Lipinski definition) is 2. The van der Waals surface area contributed by atoms with Gasteiger partial charge in [0.15, 0.2) is 0 Å². The lowest BCUT2D eigenvalue weighted by molar-refractivity contribution is 0.00911. The minimum atomic E-state index is 0.213. The second-order valence-electron chi connectivity index (χ2n) is 4.45. The Morgan fingerprint density at radius 1 is 1.20 bits per heavy atom. The summed E-state index contributed by atoms with van der Waals surface area (Å²) in [5.41, 5.74) is 0. The van der Waals surface area contributed by atoms with Gasteiger partial charge in [-0.15, -0.1) is 0 Å². The minimum Gasteiger partial charge on any atom is -0.377 e. The number of carbonyl (C=O) groups is 1. The van der Waals surface area contributed by atoms with Gasteiger partial charge in [-0.05, 0) is 26.2 Å². The van der Waals surface area contributed by atoms with Gasteiger partial charge in [0.2, 0.25) is 0 Å². The number of amides is 2. The van der Waals surface area contributed by atoms with Crippen molar-refractivity contribution in [2.75, 3.05) is 32.8 Å². The van der Waals surface area contributed by atoms with Crippen LogP contribution < -0.4 is 0 Å². The van der Waals surface area contributed by atoms with Gasteiger partial charge in [0.1, 0.15) is 0 Å². The standard InChI is InChI=1S/C11H20N2O2/c1-10-9-15-8-7-13(10)11(14)12-5-3-2-4-6-12/h10H,2-9H2,1H3. The number of carbonyl (C=O) groups excluding carboxylic acids is 1. The van der Waals surface area contributed by atoms with Crippen LogP contribution in [0.5, 0.6) is 0 Å². The molecule has 2 rings (SSSR count). The number of urea groups is 1. The summed E-state index contributed by atoms with van der Waals surface area (Å²) in [7, 11) is 0. The van der Waals surface area contributed by atoms with E-state index in [1.54, 1.807) is 0 Å². The van der Waals surface area contributed by atoms with E-state index in [1.807, 2.05) is 9.80 Å². The quantitative estimate of drug-likeness (QED) is 0.606. The van der Waals surface area contributed by atoms with Crippen molar-refractivity contribution in [2.45, 2.75) is 32.2 Å². The zero-order valence-corrected chi connectivity index (χ0v) is 9.45. The summed E-state index contributed by atoms with van der Waals surface area (Å²) in [5.74, 6) is 0. The molecule has 2 amide bonds. The molecule has 2 aliphatic rings. The molecule has 2 saturated heterocycles. The van der Waals surface area contributed by atoms with E-state index in [9.17, 15) is 4.79 Å². The maximum Gasteiger partial charge on any atom is 0.320 e. The molecule has 0 aliphatic carbocycles. The first-order chi connectivity index (χ1) is 7.29. The molecular weight excluding hydrogens is 192 g/mol. The summed E-state index contributed by atoms with van der Waals surface area (Å²) >= 11 is 0. The van der Waals surface area contributed by atoms with Crippen molar-refractivity contribution in [3.63, 3.8) is 0 Å². The van der Waals surface area contributed by atoms with E-state index in [-0.39, 0.29) is 12.1 Å². The largest absolute Gasteiger partial charge is 0.377 e. The van der Waals surface area contributed by atoms with Gasteiger partial charge in [-0.2, -0.15) is 0 Å². The molecule has 4 heteroatoms. The number of ether oxygens (including phenoxy) is 1. The highest BCUT2D eigenvalue weighted by Gasteiger charge is 2.28. The fourth-order valence-electron chi connectivity index (χ4n) is 2.28. The fourth-order valence-corrected chi connectivity index (χ4v) is 2.28. The number of morpholine rings is 1. The van der Waals surface area contributed by atoms with Crippen molar-refractivity contribution in [3.05, 3.63) is 0 Å². The predicted molar refractivity (Wildman–Crippen MR) is 57.8 cm³/mol. The van der Waals surface area contributed by atoms with E-state index < -0.39 is 0 Å². The molecule has 0 bridgehead atoms. The third-order valence-electron chi connectivity index (χ3n) is 3.24. The Bertz CT molecular complexity index is 227. The maximum absolute atomic E-state index is 12.2. The van der Waals surface area contributed by atoms with E-state index >= 15 is 0 Å². The van der Waals surface area contributed by atoms with Gasteiger partial charge >= 0.3 is 6.03 Å². The van der Waals surface area contributed by atoms with Crippen molar-refractivity contribution in [1.82, 2.24) is 9.80 Å². The maximum atomic E-state index is 12.2. The van der Waals surface area contributed by atoms with E-state index in [0.717, 1.165) is 32.5 Å². The molecule has 0 spiro atoms. The SMILES string of the molecule is CC1COCCN1C(=O)N1CCCCC1. The van der Waals surface area contributed by atoms with E-state index in [4.69, 9.17) is 4.74 Å². The zero-order valence-electron chi connectivity index (χ0n) is 9.45. The van der Waals surface area contributed by atoms with Gasteiger partial charge in [-0.25, -0.2) is 4.79 Å². The Morgan fingerprint density at radius 2 is 1.93 bits per heavy atom. The van der Waals surface area contributed by atoms with Crippen LogP contribution in [0.15, 0.2) is 0 Å². The topological polar surface area (TPSA) is 32.8 Å².